The summed E-state index contributed by atoms with van der Waals surface area (Å²) in [6.07, 6.45) is 0.902. The van der Waals surface area contributed by atoms with Crippen LogP contribution in [0.2, 0.25) is 0 Å². The average molecular weight is 411 g/mol. The van der Waals surface area contributed by atoms with Crippen LogP contribution in [0, 0.1) is 17.7 Å². The molecular formula is C24H31FN4O. The van der Waals surface area contributed by atoms with E-state index >= 15 is 0 Å². The molecule has 2 saturated heterocycles. The largest absolute Gasteiger partial charge is 0.331 e. The highest BCUT2D eigenvalue weighted by Gasteiger charge is 2.49. The van der Waals surface area contributed by atoms with Crippen LogP contribution < -0.4 is 5.73 Å². The van der Waals surface area contributed by atoms with Gasteiger partial charge in [0, 0.05) is 46.2 Å². The van der Waals surface area contributed by atoms with Crippen molar-refractivity contribution in [1.82, 2.24) is 14.7 Å². The lowest BCUT2D eigenvalue weighted by Crippen LogP contribution is -2.41. The van der Waals surface area contributed by atoms with Crippen LogP contribution in [0.4, 0.5) is 9.18 Å². The van der Waals surface area contributed by atoms with Crippen molar-refractivity contribution in [2.75, 3.05) is 40.3 Å². The molecule has 2 fully saturated rings. The van der Waals surface area contributed by atoms with Crippen molar-refractivity contribution in [3.8, 4) is 0 Å². The van der Waals surface area contributed by atoms with Gasteiger partial charge in [-0.25, -0.2) is 9.18 Å². The van der Waals surface area contributed by atoms with E-state index in [1.54, 1.807) is 31.1 Å². The summed E-state index contributed by atoms with van der Waals surface area (Å²) in [7, 11) is 3.55. The monoisotopic (exact) mass is 410 g/mol. The number of nitrogens with zero attached hydrogens (tertiary/aromatic N) is 3. The summed E-state index contributed by atoms with van der Waals surface area (Å²) in [5.74, 6) is 0.464. The number of fused-ring (bicyclic) bond motifs is 1. The van der Waals surface area contributed by atoms with Gasteiger partial charge < -0.3 is 15.5 Å². The summed E-state index contributed by atoms with van der Waals surface area (Å²) in [4.78, 5) is 18.9. The van der Waals surface area contributed by atoms with E-state index < -0.39 is 0 Å². The fourth-order valence-electron chi connectivity index (χ4n) is 5.07. The second-order valence-corrected chi connectivity index (χ2v) is 8.80. The van der Waals surface area contributed by atoms with Gasteiger partial charge in [-0.1, -0.05) is 36.4 Å². The lowest BCUT2D eigenvalue weighted by molar-refractivity contribution is 0.151. The number of amides is 2. The first kappa shape index (κ1) is 20.8. The number of urea groups is 1. The number of carbonyl (C=O) groups excluding carboxylic acids is 1. The van der Waals surface area contributed by atoms with Crippen molar-refractivity contribution < 1.29 is 9.18 Å². The summed E-state index contributed by atoms with van der Waals surface area (Å²) >= 11 is 0. The Morgan fingerprint density at radius 1 is 1.10 bits per heavy atom. The SMILES string of the molecule is CN(C)C(=O)N1C[C@H]2CN(Cc3ccc(CCN)cc3)C[C@H]2[C@@H]1c1cccc(F)c1. The predicted octanol–water partition coefficient (Wildman–Crippen LogP) is 3.11. The van der Waals surface area contributed by atoms with Crippen LogP contribution in [0.15, 0.2) is 48.5 Å². The van der Waals surface area contributed by atoms with Crippen molar-refractivity contribution in [2.24, 2.45) is 17.6 Å². The topological polar surface area (TPSA) is 52.8 Å². The quantitative estimate of drug-likeness (QED) is 0.824. The summed E-state index contributed by atoms with van der Waals surface area (Å²) in [5.41, 5.74) is 9.09. The summed E-state index contributed by atoms with van der Waals surface area (Å²) in [6, 6.07) is 15.3. The maximum Gasteiger partial charge on any atom is 0.320 e. The molecular weight excluding hydrogens is 379 g/mol. The summed E-state index contributed by atoms with van der Waals surface area (Å²) in [5, 5.41) is 0. The third-order valence-electron chi connectivity index (χ3n) is 6.42. The first-order valence-corrected chi connectivity index (χ1v) is 10.7. The Hall–Kier alpha value is -2.44. The zero-order chi connectivity index (χ0) is 21.3. The third kappa shape index (κ3) is 4.20. The van der Waals surface area contributed by atoms with Gasteiger partial charge in [0.2, 0.25) is 0 Å². The van der Waals surface area contributed by atoms with Crippen molar-refractivity contribution in [3.63, 3.8) is 0 Å². The molecule has 2 aliphatic heterocycles. The normalized spacial score (nSPS) is 23.6. The van der Waals surface area contributed by atoms with Crippen LogP contribution in [0.3, 0.4) is 0 Å². The highest BCUT2D eigenvalue weighted by atomic mass is 19.1. The minimum absolute atomic E-state index is 0.000652. The Morgan fingerprint density at radius 2 is 1.83 bits per heavy atom. The van der Waals surface area contributed by atoms with Gasteiger partial charge in [0.25, 0.3) is 0 Å². The van der Waals surface area contributed by atoms with Gasteiger partial charge in [0.15, 0.2) is 0 Å². The van der Waals surface area contributed by atoms with Crippen LogP contribution in [-0.2, 0) is 13.0 Å². The fourth-order valence-corrected chi connectivity index (χ4v) is 5.07. The Bertz CT molecular complexity index is 885. The Kier molecular flexibility index (Phi) is 6.06. The molecule has 5 nitrogen and oxygen atoms in total. The predicted molar refractivity (Wildman–Crippen MR) is 116 cm³/mol. The second kappa shape index (κ2) is 8.74. The number of hydrogen-bond acceptors (Lipinski definition) is 3. The standard InChI is InChI=1S/C24H31FN4O/c1-27(2)24(30)29-15-20-14-28(13-18-8-6-17(7-9-18)10-11-26)16-22(20)23(29)19-4-3-5-21(25)12-19/h3-9,12,20,22-23H,10-11,13-16,26H2,1-2H3/t20-,22-,23+/m1/s1. The maximum atomic E-state index is 14.0. The molecule has 0 unspecified atom stereocenters. The van der Waals surface area contributed by atoms with Crippen LogP contribution in [0.1, 0.15) is 22.7 Å². The van der Waals surface area contributed by atoms with Gasteiger partial charge >= 0.3 is 6.03 Å². The fraction of sp³-hybridized carbons (Fsp3) is 0.458. The van der Waals surface area contributed by atoms with Crippen LogP contribution in [0.25, 0.3) is 0 Å². The number of likely N-dealkylation sites (tertiary alicyclic amines) is 2. The second-order valence-electron chi connectivity index (χ2n) is 8.80. The van der Waals surface area contributed by atoms with Crippen LogP contribution in [0.5, 0.6) is 0 Å². The number of nitrogens with two attached hydrogens (primary N) is 1. The van der Waals surface area contributed by atoms with Crippen molar-refractivity contribution >= 4 is 6.03 Å². The van der Waals surface area contributed by atoms with Gasteiger partial charge in [0.05, 0.1) is 6.04 Å². The van der Waals surface area contributed by atoms with E-state index in [0.29, 0.717) is 18.4 Å². The van der Waals surface area contributed by atoms with E-state index in [-0.39, 0.29) is 17.9 Å². The smallest absolute Gasteiger partial charge is 0.320 e. The molecule has 2 amide bonds. The van der Waals surface area contributed by atoms with Crippen LogP contribution >= 0.6 is 0 Å². The molecule has 4 rings (SSSR count). The van der Waals surface area contributed by atoms with Crippen molar-refractivity contribution in [1.29, 1.82) is 0 Å². The molecule has 2 aromatic rings. The van der Waals surface area contributed by atoms with Gasteiger partial charge in [-0.2, -0.15) is 0 Å². The molecule has 0 aromatic heterocycles. The molecule has 0 aliphatic carbocycles. The molecule has 0 saturated carbocycles. The van der Waals surface area contributed by atoms with Crippen LogP contribution in [-0.4, -0.2) is 61.0 Å². The molecule has 160 valence electrons. The molecule has 2 aromatic carbocycles. The van der Waals surface area contributed by atoms with E-state index in [9.17, 15) is 9.18 Å². The van der Waals surface area contributed by atoms with Gasteiger partial charge in [-0.05, 0) is 47.7 Å². The van der Waals surface area contributed by atoms with E-state index in [4.69, 9.17) is 5.73 Å². The van der Waals surface area contributed by atoms with Crippen molar-refractivity contribution in [3.05, 3.63) is 71.0 Å². The number of carbonyl (C=O) groups is 1. The third-order valence-corrected chi connectivity index (χ3v) is 6.42. The molecule has 2 aliphatic rings. The van der Waals surface area contributed by atoms with Gasteiger partial charge in [0.1, 0.15) is 5.82 Å². The van der Waals surface area contributed by atoms with E-state index in [2.05, 4.69) is 29.2 Å². The Balaban J connectivity index is 1.51. The van der Waals surface area contributed by atoms with E-state index in [0.717, 1.165) is 38.2 Å². The van der Waals surface area contributed by atoms with Gasteiger partial charge in [-0.3, -0.25) is 4.90 Å². The zero-order valence-corrected chi connectivity index (χ0v) is 17.8. The number of rotatable bonds is 5. The highest BCUT2D eigenvalue weighted by Crippen LogP contribution is 2.45. The Morgan fingerprint density at radius 3 is 2.50 bits per heavy atom. The lowest BCUT2D eigenvalue weighted by Gasteiger charge is -2.32. The first-order valence-electron chi connectivity index (χ1n) is 10.7. The molecule has 3 atom stereocenters. The zero-order valence-electron chi connectivity index (χ0n) is 17.8. The molecule has 2 heterocycles. The number of halogens is 1. The highest BCUT2D eigenvalue weighted by molar-refractivity contribution is 5.75. The summed E-state index contributed by atoms with van der Waals surface area (Å²) < 4.78 is 14.0. The Labute approximate surface area is 178 Å². The van der Waals surface area contributed by atoms with E-state index in [1.165, 1.54) is 17.2 Å². The average Bonchev–Trinajstić information content (AvgIpc) is 3.26. The van der Waals surface area contributed by atoms with E-state index in [1.807, 2.05) is 11.0 Å². The molecule has 30 heavy (non-hydrogen) atoms. The van der Waals surface area contributed by atoms with Gasteiger partial charge in [-0.15, -0.1) is 0 Å². The molecule has 6 heteroatoms. The summed E-state index contributed by atoms with van der Waals surface area (Å²) in [6.45, 7) is 4.15. The first-order chi connectivity index (χ1) is 14.5. The van der Waals surface area contributed by atoms with Crippen molar-refractivity contribution in [2.45, 2.75) is 19.0 Å². The minimum atomic E-state index is -0.249. The molecule has 0 bridgehead atoms. The lowest BCUT2D eigenvalue weighted by atomic mass is 9.89. The molecule has 0 radical (unpaired) electrons. The number of hydrogen-bond donors (Lipinski definition) is 1. The molecule has 2 N–H and O–H groups in total. The number of benzene rings is 2. The minimum Gasteiger partial charge on any atom is -0.331 e. The maximum absolute atomic E-state index is 14.0. The molecule has 0 spiro atoms.